The zero-order valence-electron chi connectivity index (χ0n) is 18.2. The Labute approximate surface area is 207 Å². The second-order valence-electron chi connectivity index (χ2n) is 7.96. The molecule has 1 aliphatic rings. The molecule has 1 heterocycles. The fourth-order valence-electron chi connectivity index (χ4n) is 3.75. The molecule has 0 saturated carbocycles. The summed E-state index contributed by atoms with van der Waals surface area (Å²) in [6.45, 7) is 1.25. The quantitative estimate of drug-likeness (QED) is 0.428. The predicted octanol–water partition coefficient (Wildman–Crippen LogP) is 5.65. The average molecular weight is 497 g/mol. The molecule has 0 spiro atoms. The number of amides is 2. The van der Waals surface area contributed by atoms with Gasteiger partial charge in [0.25, 0.3) is 5.91 Å². The van der Waals surface area contributed by atoms with Crippen molar-refractivity contribution in [2.75, 3.05) is 11.9 Å². The molecule has 4 rings (SSSR count). The van der Waals surface area contributed by atoms with Crippen LogP contribution >= 0.6 is 23.2 Å². The first-order valence-electron chi connectivity index (χ1n) is 10.8. The number of halogens is 2. The minimum absolute atomic E-state index is 0.140. The molecule has 1 N–H and O–H groups in total. The zero-order valence-corrected chi connectivity index (χ0v) is 19.7. The van der Waals surface area contributed by atoms with Gasteiger partial charge in [-0.3, -0.25) is 9.59 Å². The fraction of sp³-hybridized carbons (Fsp3) is 0.192. The summed E-state index contributed by atoms with van der Waals surface area (Å²) in [5, 5.41) is 3.44. The van der Waals surface area contributed by atoms with Crippen molar-refractivity contribution < 1.29 is 19.1 Å². The van der Waals surface area contributed by atoms with E-state index in [2.05, 4.69) is 5.32 Å². The molecule has 34 heavy (non-hydrogen) atoms. The van der Waals surface area contributed by atoms with E-state index in [1.807, 2.05) is 0 Å². The van der Waals surface area contributed by atoms with Gasteiger partial charge in [-0.05, 0) is 42.3 Å². The molecule has 0 aliphatic carbocycles. The van der Waals surface area contributed by atoms with Gasteiger partial charge in [0.05, 0.1) is 5.56 Å². The number of nitrogens with one attached hydrogen (secondary N) is 1. The van der Waals surface area contributed by atoms with Crippen LogP contribution in [0.3, 0.4) is 0 Å². The topological polar surface area (TPSA) is 75.7 Å². The highest BCUT2D eigenvalue weighted by Crippen LogP contribution is 2.26. The number of hydrogen-bond donors (Lipinski definition) is 1. The lowest BCUT2D eigenvalue weighted by Gasteiger charge is -2.19. The van der Waals surface area contributed by atoms with Crippen molar-refractivity contribution in [1.29, 1.82) is 0 Å². The van der Waals surface area contributed by atoms with E-state index < -0.39 is 18.0 Å². The summed E-state index contributed by atoms with van der Waals surface area (Å²) in [4.78, 5) is 39.6. The Morgan fingerprint density at radius 3 is 2.26 bits per heavy atom. The molecule has 0 bridgehead atoms. The van der Waals surface area contributed by atoms with Crippen molar-refractivity contribution in [2.24, 2.45) is 0 Å². The molecule has 1 fully saturated rings. The Hall–Kier alpha value is -3.35. The van der Waals surface area contributed by atoms with E-state index >= 15 is 0 Å². The summed E-state index contributed by atoms with van der Waals surface area (Å²) < 4.78 is 5.63. The van der Waals surface area contributed by atoms with Gasteiger partial charge in [0.15, 0.2) is 0 Å². The largest absolute Gasteiger partial charge is 0.444 e. The highest BCUT2D eigenvalue weighted by Gasteiger charge is 2.26. The summed E-state index contributed by atoms with van der Waals surface area (Å²) in [6, 6.07) is 20.2. The highest BCUT2D eigenvalue weighted by molar-refractivity contribution is 6.35. The lowest BCUT2D eigenvalue weighted by Crippen LogP contribution is -2.26. The lowest BCUT2D eigenvalue weighted by molar-refractivity contribution is -0.128. The molecule has 1 atom stereocenters. The van der Waals surface area contributed by atoms with Crippen LogP contribution in [0.15, 0.2) is 72.8 Å². The smallest absolute Gasteiger partial charge is 0.339 e. The van der Waals surface area contributed by atoms with Crippen LogP contribution in [0, 0.1) is 0 Å². The number of anilines is 1. The molecule has 174 valence electrons. The number of nitrogens with zero attached hydrogens (tertiary/aromatic N) is 1. The van der Waals surface area contributed by atoms with Crippen molar-refractivity contribution in [3.05, 3.63) is 99.5 Å². The van der Waals surface area contributed by atoms with Crippen molar-refractivity contribution in [3.8, 4) is 0 Å². The van der Waals surface area contributed by atoms with Crippen LogP contribution < -0.4 is 5.32 Å². The third-order valence-corrected chi connectivity index (χ3v) is 5.87. The zero-order chi connectivity index (χ0) is 24.1. The summed E-state index contributed by atoms with van der Waals surface area (Å²) in [5.74, 6) is -1.04. The van der Waals surface area contributed by atoms with Gasteiger partial charge in [-0.15, -0.1) is 0 Å². The summed E-state index contributed by atoms with van der Waals surface area (Å²) in [6.07, 6.45) is 0.260. The Bertz CT molecular complexity index is 1180. The molecule has 2 amide bonds. The van der Waals surface area contributed by atoms with Crippen LogP contribution in [0.1, 0.15) is 40.4 Å². The average Bonchev–Trinajstić information content (AvgIpc) is 3.21. The Balaban J connectivity index is 1.49. The predicted molar refractivity (Wildman–Crippen MR) is 131 cm³/mol. The second-order valence-corrected chi connectivity index (χ2v) is 8.83. The minimum Gasteiger partial charge on any atom is -0.444 e. The fourth-order valence-corrected chi connectivity index (χ4v) is 4.27. The van der Waals surface area contributed by atoms with Gasteiger partial charge >= 0.3 is 5.97 Å². The standard InChI is InChI=1S/C26H22Cl2N2O4/c27-20-13-21(28)15-22(14-20)29-25(32)24(18-5-2-1-3-6-18)34-26(33)19-10-8-17(9-11-19)16-30-12-4-7-23(30)31/h1-3,5-6,8-11,13-15,24H,4,7,12,16H2,(H,29,32). The van der Waals surface area contributed by atoms with E-state index in [1.165, 1.54) is 0 Å². The van der Waals surface area contributed by atoms with E-state index in [9.17, 15) is 14.4 Å². The number of likely N-dealkylation sites (tertiary alicyclic amines) is 1. The van der Waals surface area contributed by atoms with E-state index in [0.717, 1.165) is 18.5 Å². The van der Waals surface area contributed by atoms with Crippen molar-refractivity contribution >= 4 is 46.7 Å². The molecule has 6 nitrogen and oxygen atoms in total. The molecule has 1 aliphatic heterocycles. The number of carbonyl (C=O) groups excluding carboxylic acids is 3. The van der Waals surface area contributed by atoms with E-state index in [-0.39, 0.29) is 5.91 Å². The maximum atomic E-state index is 13.1. The third-order valence-electron chi connectivity index (χ3n) is 5.43. The molecule has 1 unspecified atom stereocenters. The van der Waals surface area contributed by atoms with E-state index in [4.69, 9.17) is 27.9 Å². The van der Waals surface area contributed by atoms with Crippen molar-refractivity contribution in [3.63, 3.8) is 0 Å². The van der Waals surface area contributed by atoms with Crippen LogP contribution in [0.2, 0.25) is 10.0 Å². The van der Waals surface area contributed by atoms with Crippen LogP contribution in [0.5, 0.6) is 0 Å². The van der Waals surface area contributed by atoms with Gasteiger partial charge in [0.1, 0.15) is 0 Å². The number of carbonyl (C=O) groups is 3. The second kappa shape index (κ2) is 10.7. The number of esters is 1. The number of benzene rings is 3. The molecule has 3 aromatic rings. The van der Waals surface area contributed by atoms with Gasteiger partial charge in [-0.2, -0.15) is 0 Å². The van der Waals surface area contributed by atoms with Gasteiger partial charge in [0.2, 0.25) is 12.0 Å². The van der Waals surface area contributed by atoms with Gasteiger partial charge in [0, 0.05) is 40.8 Å². The lowest BCUT2D eigenvalue weighted by atomic mass is 10.1. The molecular formula is C26H22Cl2N2O4. The molecule has 8 heteroatoms. The normalized spacial score (nSPS) is 14.1. The number of ether oxygens (including phenoxy) is 1. The SMILES string of the molecule is O=C(OC(C(=O)Nc1cc(Cl)cc(Cl)c1)c1ccccc1)c1ccc(CN2CCCC2=O)cc1. The summed E-state index contributed by atoms with van der Waals surface area (Å²) >= 11 is 12.1. The summed E-state index contributed by atoms with van der Waals surface area (Å²) in [7, 11) is 0. The Kier molecular flexibility index (Phi) is 7.50. The highest BCUT2D eigenvalue weighted by atomic mass is 35.5. The minimum atomic E-state index is -1.19. The first-order chi connectivity index (χ1) is 16.4. The molecule has 0 aromatic heterocycles. The van der Waals surface area contributed by atoms with Crippen molar-refractivity contribution in [1.82, 2.24) is 4.90 Å². The van der Waals surface area contributed by atoms with Crippen LogP contribution in [-0.4, -0.2) is 29.2 Å². The van der Waals surface area contributed by atoms with E-state index in [1.54, 1.807) is 77.7 Å². The molecule has 0 radical (unpaired) electrons. The van der Waals surface area contributed by atoms with Crippen LogP contribution in [0.4, 0.5) is 5.69 Å². The van der Waals surface area contributed by atoms with Crippen molar-refractivity contribution in [2.45, 2.75) is 25.5 Å². The van der Waals surface area contributed by atoms with Gasteiger partial charge in [-0.1, -0.05) is 65.7 Å². The molecular weight excluding hydrogens is 475 g/mol. The number of hydrogen-bond acceptors (Lipinski definition) is 4. The van der Waals surface area contributed by atoms with Crippen LogP contribution in [-0.2, 0) is 20.9 Å². The first kappa shape index (κ1) is 23.8. The van der Waals surface area contributed by atoms with Gasteiger partial charge in [-0.25, -0.2) is 4.79 Å². The van der Waals surface area contributed by atoms with Gasteiger partial charge < -0.3 is 15.0 Å². The third kappa shape index (κ3) is 5.95. The first-order valence-corrected chi connectivity index (χ1v) is 11.5. The monoisotopic (exact) mass is 496 g/mol. The molecule has 3 aromatic carbocycles. The maximum absolute atomic E-state index is 13.1. The van der Waals surface area contributed by atoms with E-state index in [0.29, 0.717) is 39.8 Å². The summed E-state index contributed by atoms with van der Waals surface area (Å²) in [5.41, 5.74) is 2.13. The molecule has 1 saturated heterocycles. The Morgan fingerprint density at radius 2 is 1.65 bits per heavy atom. The maximum Gasteiger partial charge on any atom is 0.339 e. The Morgan fingerprint density at radius 1 is 0.971 bits per heavy atom. The van der Waals surface area contributed by atoms with Crippen LogP contribution in [0.25, 0.3) is 0 Å². The number of rotatable bonds is 7.